The molecule has 0 aliphatic carbocycles. The van der Waals surface area contributed by atoms with Crippen LogP contribution >= 0.6 is 11.6 Å². The number of fused-ring (bicyclic) bond motifs is 1. The third kappa shape index (κ3) is 3.55. The van der Waals surface area contributed by atoms with E-state index in [9.17, 15) is 18.0 Å². The summed E-state index contributed by atoms with van der Waals surface area (Å²) in [4.78, 5) is 12.2. The summed E-state index contributed by atoms with van der Waals surface area (Å²) in [6.45, 7) is 0.643. The van der Waals surface area contributed by atoms with Gasteiger partial charge in [-0.05, 0) is 19.0 Å². The number of amides is 1. The normalized spacial score (nSPS) is 21.0. The van der Waals surface area contributed by atoms with Crippen LogP contribution in [0.15, 0.2) is 12.3 Å². The first kappa shape index (κ1) is 17.9. The molecule has 0 radical (unpaired) electrons. The molecule has 1 saturated heterocycles. The van der Waals surface area contributed by atoms with Crippen LogP contribution < -0.4 is 11.1 Å². The van der Waals surface area contributed by atoms with Crippen LogP contribution in [-0.2, 0) is 22.3 Å². The first-order valence-electron chi connectivity index (χ1n) is 7.51. The predicted molar refractivity (Wildman–Crippen MR) is 81.7 cm³/mol. The molecular formula is C14H15ClF3N5O2. The van der Waals surface area contributed by atoms with Crippen molar-refractivity contribution in [3.63, 3.8) is 0 Å². The average molecular weight is 378 g/mol. The number of nitrogens with zero attached hydrogens (tertiary/aromatic N) is 3. The van der Waals surface area contributed by atoms with Crippen LogP contribution in [0.25, 0.3) is 5.65 Å². The van der Waals surface area contributed by atoms with Crippen LogP contribution in [0.3, 0.4) is 0 Å². The molecule has 1 aliphatic rings. The van der Waals surface area contributed by atoms with Crippen molar-refractivity contribution in [3.05, 3.63) is 28.7 Å². The molecular weight excluding hydrogens is 363 g/mol. The molecule has 2 aromatic rings. The van der Waals surface area contributed by atoms with E-state index in [-0.39, 0.29) is 34.9 Å². The number of pyridine rings is 1. The highest BCUT2D eigenvalue weighted by Crippen LogP contribution is 2.32. The van der Waals surface area contributed by atoms with Crippen LogP contribution in [-0.4, -0.2) is 39.8 Å². The number of rotatable bonds is 4. The summed E-state index contributed by atoms with van der Waals surface area (Å²) in [5, 5.41) is 9.97. The number of carbonyl (C=O) groups is 1. The summed E-state index contributed by atoms with van der Waals surface area (Å²) in [5.74, 6) is -0.345. The van der Waals surface area contributed by atoms with Crippen LogP contribution in [0.5, 0.6) is 0 Å². The van der Waals surface area contributed by atoms with Crippen molar-refractivity contribution < 1.29 is 22.7 Å². The number of hydrogen-bond donors (Lipinski definition) is 2. The summed E-state index contributed by atoms with van der Waals surface area (Å²) in [5.41, 5.74) is 4.74. The Morgan fingerprint density at radius 3 is 2.92 bits per heavy atom. The minimum absolute atomic E-state index is 0.0795. The Labute approximate surface area is 145 Å². The van der Waals surface area contributed by atoms with Crippen molar-refractivity contribution in [1.29, 1.82) is 0 Å². The minimum atomic E-state index is -4.56. The molecule has 0 saturated carbocycles. The number of hydrogen-bond acceptors (Lipinski definition) is 5. The molecule has 25 heavy (non-hydrogen) atoms. The Morgan fingerprint density at radius 1 is 1.48 bits per heavy atom. The second kappa shape index (κ2) is 6.77. The van der Waals surface area contributed by atoms with E-state index in [2.05, 4.69) is 15.5 Å². The molecule has 1 fully saturated rings. The third-order valence-electron chi connectivity index (χ3n) is 4.05. The van der Waals surface area contributed by atoms with Gasteiger partial charge in [-0.1, -0.05) is 11.6 Å². The number of aromatic nitrogens is 3. The van der Waals surface area contributed by atoms with E-state index in [0.717, 1.165) is 16.7 Å². The van der Waals surface area contributed by atoms with E-state index in [4.69, 9.17) is 22.1 Å². The zero-order chi connectivity index (χ0) is 18.2. The summed E-state index contributed by atoms with van der Waals surface area (Å²) in [7, 11) is 0. The maximum absolute atomic E-state index is 12.9. The van der Waals surface area contributed by atoms with Gasteiger partial charge in [-0.25, -0.2) is 0 Å². The number of nitrogens with one attached hydrogen (secondary N) is 1. The van der Waals surface area contributed by atoms with E-state index in [1.807, 2.05) is 0 Å². The maximum Gasteiger partial charge on any atom is 0.417 e. The second-order valence-electron chi connectivity index (χ2n) is 5.68. The summed E-state index contributed by atoms with van der Waals surface area (Å²) < 4.78 is 45.2. The standard InChI is InChI=1S/C14H15ClF3N5O2/c15-9-3-8(14(16,17)18)6-23-10(21-22-12(9)23)5-20-13(24)11-7(4-19)1-2-25-11/h3,6-7,11H,1-2,4-5,19H2,(H,20,24)/t7-,11-/m0/s1. The van der Waals surface area contributed by atoms with E-state index in [0.29, 0.717) is 19.6 Å². The largest absolute Gasteiger partial charge is 0.417 e. The number of nitrogens with two attached hydrogens (primary N) is 1. The molecule has 0 bridgehead atoms. The lowest BCUT2D eigenvalue weighted by atomic mass is 10.0. The quantitative estimate of drug-likeness (QED) is 0.839. The van der Waals surface area contributed by atoms with E-state index in [1.54, 1.807) is 0 Å². The Kier molecular flexibility index (Phi) is 4.85. The minimum Gasteiger partial charge on any atom is -0.368 e. The average Bonchev–Trinajstić information content (AvgIpc) is 3.18. The van der Waals surface area contributed by atoms with Gasteiger partial charge >= 0.3 is 6.18 Å². The molecule has 1 amide bonds. The molecule has 7 nitrogen and oxygen atoms in total. The zero-order valence-electron chi connectivity index (χ0n) is 12.9. The lowest BCUT2D eigenvalue weighted by Gasteiger charge is -2.16. The molecule has 0 unspecified atom stereocenters. The number of ether oxygens (including phenoxy) is 1. The highest BCUT2D eigenvalue weighted by Gasteiger charge is 2.34. The van der Waals surface area contributed by atoms with Crippen molar-refractivity contribution in [2.75, 3.05) is 13.2 Å². The summed E-state index contributed by atoms with van der Waals surface area (Å²) >= 11 is 5.84. The van der Waals surface area contributed by atoms with Gasteiger partial charge in [-0.3, -0.25) is 9.20 Å². The molecule has 11 heteroatoms. The van der Waals surface area contributed by atoms with Crippen LogP contribution in [0.4, 0.5) is 13.2 Å². The monoisotopic (exact) mass is 377 g/mol. The highest BCUT2D eigenvalue weighted by atomic mass is 35.5. The van der Waals surface area contributed by atoms with Gasteiger partial charge in [-0.15, -0.1) is 10.2 Å². The Balaban J connectivity index is 1.80. The van der Waals surface area contributed by atoms with Gasteiger partial charge in [0.05, 0.1) is 17.1 Å². The van der Waals surface area contributed by atoms with Crippen LogP contribution in [0.2, 0.25) is 5.02 Å². The Bertz CT molecular complexity index is 795. The van der Waals surface area contributed by atoms with Gasteiger partial charge in [0.25, 0.3) is 0 Å². The summed E-state index contributed by atoms with van der Waals surface area (Å²) in [6, 6.07) is 0.784. The number of carbonyl (C=O) groups excluding carboxylic acids is 1. The SMILES string of the molecule is NC[C@@H]1CCO[C@@H]1C(=O)NCc1nnc2c(Cl)cc(C(F)(F)F)cn12. The van der Waals surface area contributed by atoms with Crippen molar-refractivity contribution >= 4 is 23.2 Å². The molecule has 2 atom stereocenters. The van der Waals surface area contributed by atoms with Gasteiger partial charge in [0.1, 0.15) is 6.10 Å². The Morgan fingerprint density at radius 2 is 2.24 bits per heavy atom. The van der Waals surface area contributed by atoms with Crippen molar-refractivity contribution in [1.82, 2.24) is 19.9 Å². The molecule has 0 spiro atoms. The van der Waals surface area contributed by atoms with Crippen molar-refractivity contribution in [2.24, 2.45) is 11.7 Å². The van der Waals surface area contributed by atoms with Gasteiger partial charge in [0.15, 0.2) is 11.5 Å². The number of halogens is 4. The fraction of sp³-hybridized carbons (Fsp3) is 0.500. The molecule has 2 aromatic heterocycles. The fourth-order valence-electron chi connectivity index (χ4n) is 2.71. The lowest BCUT2D eigenvalue weighted by Crippen LogP contribution is -2.40. The molecule has 3 N–H and O–H groups in total. The molecule has 3 rings (SSSR count). The molecule has 0 aromatic carbocycles. The van der Waals surface area contributed by atoms with Crippen molar-refractivity contribution in [3.8, 4) is 0 Å². The van der Waals surface area contributed by atoms with Crippen molar-refractivity contribution in [2.45, 2.75) is 25.2 Å². The van der Waals surface area contributed by atoms with Gasteiger partial charge < -0.3 is 15.8 Å². The van der Waals surface area contributed by atoms with E-state index < -0.39 is 17.8 Å². The highest BCUT2D eigenvalue weighted by molar-refractivity contribution is 6.33. The smallest absolute Gasteiger partial charge is 0.368 e. The zero-order valence-corrected chi connectivity index (χ0v) is 13.6. The first-order valence-corrected chi connectivity index (χ1v) is 7.88. The van der Waals surface area contributed by atoms with Gasteiger partial charge in [0.2, 0.25) is 5.91 Å². The van der Waals surface area contributed by atoms with E-state index in [1.165, 1.54) is 0 Å². The molecule has 3 heterocycles. The predicted octanol–water partition coefficient (Wildman–Crippen LogP) is 1.38. The Hall–Kier alpha value is -1.91. The van der Waals surface area contributed by atoms with E-state index >= 15 is 0 Å². The van der Waals surface area contributed by atoms with Crippen LogP contribution in [0.1, 0.15) is 17.8 Å². The maximum atomic E-state index is 12.9. The van der Waals surface area contributed by atoms with Gasteiger partial charge in [-0.2, -0.15) is 13.2 Å². The first-order chi connectivity index (χ1) is 11.8. The number of alkyl halides is 3. The second-order valence-corrected chi connectivity index (χ2v) is 6.09. The fourth-order valence-corrected chi connectivity index (χ4v) is 2.95. The molecule has 136 valence electrons. The van der Waals surface area contributed by atoms with Gasteiger partial charge in [0, 0.05) is 18.7 Å². The topological polar surface area (TPSA) is 94.5 Å². The summed E-state index contributed by atoms with van der Waals surface area (Å²) in [6.07, 6.45) is -3.70. The lowest BCUT2D eigenvalue weighted by molar-refractivity contribution is -0.138. The third-order valence-corrected chi connectivity index (χ3v) is 4.33. The van der Waals surface area contributed by atoms with Crippen LogP contribution in [0, 0.1) is 5.92 Å². The molecule has 1 aliphatic heterocycles.